The minimum Gasteiger partial charge on any atom is -0.352 e. The Morgan fingerprint density at radius 1 is 1.10 bits per heavy atom. The Bertz CT molecular complexity index is 1110. The minimum atomic E-state index is 0.0202. The van der Waals surface area contributed by atoms with E-state index in [0.29, 0.717) is 12.1 Å². The second kappa shape index (κ2) is 7.71. The summed E-state index contributed by atoms with van der Waals surface area (Å²) in [5, 5.41) is 14.1. The van der Waals surface area contributed by atoms with Crippen molar-refractivity contribution in [2.24, 2.45) is 0 Å². The Kier molecular flexibility index (Phi) is 4.89. The van der Waals surface area contributed by atoms with Crippen LogP contribution in [0.3, 0.4) is 0 Å². The van der Waals surface area contributed by atoms with Gasteiger partial charge in [0.05, 0.1) is 6.20 Å². The van der Waals surface area contributed by atoms with Crippen molar-refractivity contribution < 1.29 is 4.79 Å². The van der Waals surface area contributed by atoms with E-state index in [1.807, 2.05) is 24.4 Å². The molecule has 1 aromatic heterocycles. The molecular weight excluding hydrogens is 372 g/mol. The summed E-state index contributed by atoms with van der Waals surface area (Å²) in [6.45, 7) is 5.40. The first-order valence-electron chi connectivity index (χ1n) is 11.0. The summed E-state index contributed by atoms with van der Waals surface area (Å²) in [6.07, 6.45) is 7.71. The van der Waals surface area contributed by atoms with E-state index in [4.69, 9.17) is 0 Å². The van der Waals surface area contributed by atoms with Crippen LogP contribution in [-0.2, 0) is 0 Å². The lowest BCUT2D eigenvalue weighted by Gasteiger charge is -2.34. The normalized spacial score (nSPS) is 19.1. The number of piperidine rings is 1. The predicted octanol–water partition coefficient (Wildman–Crippen LogP) is 4.88. The Hall–Kier alpha value is -2.95. The number of carbonyl (C=O) groups is 1. The van der Waals surface area contributed by atoms with Gasteiger partial charge in [-0.05, 0) is 86.9 Å². The summed E-state index contributed by atoms with van der Waals surface area (Å²) < 4.78 is 0. The zero-order valence-electron chi connectivity index (χ0n) is 17.7. The number of anilines is 1. The van der Waals surface area contributed by atoms with Crippen molar-refractivity contribution in [3.8, 4) is 11.1 Å². The summed E-state index contributed by atoms with van der Waals surface area (Å²) in [4.78, 5) is 14.9. The molecule has 0 unspecified atom stereocenters. The largest absolute Gasteiger partial charge is 0.352 e. The Morgan fingerprint density at radius 2 is 1.97 bits per heavy atom. The first-order chi connectivity index (χ1) is 14.6. The second-order valence-electron chi connectivity index (χ2n) is 8.79. The Labute approximate surface area is 177 Å². The van der Waals surface area contributed by atoms with E-state index >= 15 is 0 Å². The van der Waals surface area contributed by atoms with Crippen LogP contribution >= 0.6 is 0 Å². The van der Waals surface area contributed by atoms with Crippen LogP contribution in [0.1, 0.15) is 54.9 Å². The number of hydrogen-bond acceptors (Lipinski definition) is 4. The van der Waals surface area contributed by atoms with Crippen molar-refractivity contribution in [1.29, 1.82) is 0 Å². The molecule has 2 aliphatic rings. The molecule has 1 aliphatic carbocycles. The van der Waals surface area contributed by atoms with Gasteiger partial charge >= 0.3 is 0 Å². The number of nitrogens with one attached hydrogen (secondary N) is 1. The average Bonchev–Trinajstić information content (AvgIpc) is 3.57. The molecule has 2 aromatic carbocycles. The molecule has 154 valence electrons. The van der Waals surface area contributed by atoms with Gasteiger partial charge in [0.2, 0.25) is 0 Å². The number of rotatable bonds is 4. The van der Waals surface area contributed by atoms with Crippen molar-refractivity contribution in [3.05, 3.63) is 53.7 Å². The maximum atomic E-state index is 12.5. The molecule has 1 amide bonds. The molecule has 2 heterocycles. The number of aryl methyl sites for hydroxylation is 1. The second-order valence-corrected chi connectivity index (χ2v) is 8.79. The van der Waals surface area contributed by atoms with Crippen molar-refractivity contribution in [2.45, 2.75) is 58.0 Å². The van der Waals surface area contributed by atoms with E-state index in [0.717, 1.165) is 58.2 Å². The molecule has 1 aliphatic heterocycles. The maximum Gasteiger partial charge on any atom is 0.251 e. The van der Waals surface area contributed by atoms with Gasteiger partial charge < -0.3 is 10.2 Å². The molecule has 5 nitrogen and oxygen atoms in total. The highest BCUT2D eigenvalue weighted by Gasteiger charge is 2.24. The summed E-state index contributed by atoms with van der Waals surface area (Å²) in [6, 6.07) is 13.3. The van der Waals surface area contributed by atoms with Gasteiger partial charge in [-0.15, -0.1) is 5.10 Å². The van der Waals surface area contributed by atoms with Gasteiger partial charge in [-0.25, -0.2) is 0 Å². The van der Waals surface area contributed by atoms with E-state index in [1.54, 1.807) is 0 Å². The molecule has 3 aromatic rings. The van der Waals surface area contributed by atoms with E-state index < -0.39 is 0 Å². The highest BCUT2D eigenvalue weighted by Crippen LogP contribution is 2.33. The van der Waals surface area contributed by atoms with Gasteiger partial charge in [-0.3, -0.25) is 4.79 Å². The first-order valence-corrected chi connectivity index (χ1v) is 11.0. The van der Waals surface area contributed by atoms with Crippen LogP contribution in [-0.4, -0.2) is 34.7 Å². The fourth-order valence-electron chi connectivity index (χ4n) is 4.44. The molecule has 30 heavy (non-hydrogen) atoms. The van der Waals surface area contributed by atoms with E-state index in [1.165, 1.54) is 19.3 Å². The predicted molar refractivity (Wildman–Crippen MR) is 121 cm³/mol. The van der Waals surface area contributed by atoms with Crippen molar-refractivity contribution >= 4 is 22.5 Å². The third-order valence-electron chi connectivity index (χ3n) is 6.44. The number of nitrogens with zero attached hydrogens (tertiary/aromatic N) is 3. The number of amides is 1. The smallest absolute Gasteiger partial charge is 0.251 e. The summed E-state index contributed by atoms with van der Waals surface area (Å²) in [5.41, 5.74) is 4.07. The number of fused-ring (bicyclic) bond motifs is 1. The SMILES string of the molecule is Cc1ccc(C(=O)NC2CC2)cc1-c1ccc2c(N3CCCC[C@@H]3C)nncc2c1. The first kappa shape index (κ1) is 19.0. The molecule has 0 spiro atoms. The number of hydrogen-bond donors (Lipinski definition) is 1. The molecule has 1 N–H and O–H groups in total. The standard InChI is InChI=1S/C25H28N4O/c1-16-6-7-19(25(30)27-21-9-10-21)14-23(16)18-8-11-22-20(13-18)15-26-28-24(22)29-12-4-3-5-17(29)2/h6-8,11,13-15,17,21H,3-5,9-10,12H2,1-2H3,(H,27,30)/t17-/m0/s1. The zero-order valence-corrected chi connectivity index (χ0v) is 17.7. The lowest BCUT2D eigenvalue weighted by atomic mass is 9.96. The minimum absolute atomic E-state index is 0.0202. The number of benzene rings is 2. The molecule has 0 bridgehead atoms. The van der Waals surface area contributed by atoms with Crippen LogP contribution < -0.4 is 10.2 Å². The maximum absolute atomic E-state index is 12.5. The molecule has 0 radical (unpaired) electrons. The Morgan fingerprint density at radius 3 is 2.77 bits per heavy atom. The fourth-order valence-corrected chi connectivity index (χ4v) is 4.44. The molecule has 5 rings (SSSR count). The van der Waals surface area contributed by atoms with Gasteiger partial charge in [-0.1, -0.05) is 12.1 Å². The van der Waals surface area contributed by atoms with Crippen LogP contribution in [0.15, 0.2) is 42.6 Å². The van der Waals surface area contributed by atoms with Crippen LogP contribution in [0.2, 0.25) is 0 Å². The van der Waals surface area contributed by atoms with Crippen LogP contribution in [0.4, 0.5) is 5.82 Å². The lowest BCUT2D eigenvalue weighted by molar-refractivity contribution is 0.0951. The lowest BCUT2D eigenvalue weighted by Crippen LogP contribution is -2.38. The van der Waals surface area contributed by atoms with Crippen molar-refractivity contribution in [3.63, 3.8) is 0 Å². The molecule has 1 saturated heterocycles. The van der Waals surface area contributed by atoms with Gasteiger partial charge in [-0.2, -0.15) is 5.10 Å². The number of aromatic nitrogens is 2. The third kappa shape index (κ3) is 3.64. The number of carbonyl (C=O) groups excluding carboxylic acids is 1. The van der Waals surface area contributed by atoms with Gasteiger partial charge in [0, 0.05) is 35.0 Å². The third-order valence-corrected chi connectivity index (χ3v) is 6.44. The van der Waals surface area contributed by atoms with E-state index in [-0.39, 0.29) is 5.91 Å². The van der Waals surface area contributed by atoms with E-state index in [9.17, 15) is 4.79 Å². The molecule has 5 heteroatoms. The van der Waals surface area contributed by atoms with Crippen molar-refractivity contribution in [1.82, 2.24) is 15.5 Å². The van der Waals surface area contributed by atoms with Crippen LogP contribution in [0.5, 0.6) is 0 Å². The summed E-state index contributed by atoms with van der Waals surface area (Å²) in [7, 11) is 0. The van der Waals surface area contributed by atoms with Crippen LogP contribution in [0, 0.1) is 6.92 Å². The van der Waals surface area contributed by atoms with Gasteiger partial charge in [0.15, 0.2) is 5.82 Å². The molecule has 1 saturated carbocycles. The zero-order chi connectivity index (χ0) is 20.7. The molecule has 2 fully saturated rings. The monoisotopic (exact) mass is 400 g/mol. The fraction of sp³-hybridized carbons (Fsp3) is 0.400. The highest BCUT2D eigenvalue weighted by atomic mass is 16.1. The topological polar surface area (TPSA) is 58.1 Å². The van der Waals surface area contributed by atoms with Gasteiger partial charge in [0.25, 0.3) is 5.91 Å². The highest BCUT2D eigenvalue weighted by molar-refractivity contribution is 5.98. The van der Waals surface area contributed by atoms with Gasteiger partial charge in [0.1, 0.15) is 0 Å². The summed E-state index contributed by atoms with van der Waals surface area (Å²) >= 11 is 0. The molecular formula is C25H28N4O. The molecule has 1 atom stereocenters. The quantitative estimate of drug-likeness (QED) is 0.678. The van der Waals surface area contributed by atoms with Crippen molar-refractivity contribution in [2.75, 3.05) is 11.4 Å². The Balaban J connectivity index is 1.52. The van der Waals surface area contributed by atoms with Crippen LogP contribution in [0.25, 0.3) is 21.9 Å². The van der Waals surface area contributed by atoms with E-state index in [2.05, 4.69) is 52.5 Å². The summed E-state index contributed by atoms with van der Waals surface area (Å²) in [5.74, 6) is 1.01. The average molecular weight is 401 g/mol.